The molecule has 4 aromatic rings. The van der Waals surface area contributed by atoms with E-state index >= 15 is 0 Å². The predicted octanol–water partition coefficient (Wildman–Crippen LogP) is 8.39. The van der Waals surface area contributed by atoms with Crippen molar-refractivity contribution in [3.05, 3.63) is 113 Å². The predicted molar refractivity (Wildman–Crippen MR) is 201 cm³/mol. The third-order valence-electron chi connectivity index (χ3n) is 8.71. The molecule has 54 heavy (non-hydrogen) atoms. The van der Waals surface area contributed by atoms with Gasteiger partial charge in [0.05, 0.1) is 23.4 Å². The van der Waals surface area contributed by atoms with Crippen LogP contribution >= 0.6 is 0 Å². The number of alkyl halides is 3. The van der Waals surface area contributed by atoms with Crippen LogP contribution in [-0.4, -0.2) is 42.7 Å². The SMILES string of the molecule is CC(C)(C)OC(=O)NCc1cccc(-n2nc(C(F)(F)F)cc2C(=O)Nc2cccc(C(CC(N[S@+]([O-])C(C)(C)C)C3CC3)c3ccc(C#N)cc3)c2)c1. The zero-order valence-corrected chi connectivity index (χ0v) is 31.9. The summed E-state index contributed by atoms with van der Waals surface area (Å²) in [6, 6.07) is 23.4. The third kappa shape index (κ3) is 10.9. The fourth-order valence-corrected chi connectivity index (χ4v) is 6.77. The van der Waals surface area contributed by atoms with E-state index < -0.39 is 45.6 Å². The standard InChI is InChI=1S/C40H45F3N6O4S/c1-38(2,3)53-37(51)45-24-26-9-7-12-31(19-26)49-34(22-35(47-49)40(41,42)43)36(50)46-30-11-8-10-29(20-30)32(27-15-13-25(23-44)14-16-27)21-33(28-17-18-28)48-54(52)39(4,5)6/h7-16,19-20,22,28,32-33,48H,17-18,21,24H2,1-6H3,(H,45,51)(H,46,50)/t32?,33?,54-/m1/s1. The van der Waals surface area contributed by atoms with E-state index in [-0.39, 0.29) is 29.9 Å². The second-order valence-electron chi connectivity index (χ2n) is 15.4. The van der Waals surface area contributed by atoms with E-state index in [1.165, 1.54) is 12.1 Å². The molecule has 5 rings (SSSR count). The van der Waals surface area contributed by atoms with Crippen LogP contribution in [0, 0.1) is 17.2 Å². The van der Waals surface area contributed by atoms with Gasteiger partial charge in [0.1, 0.15) is 16.0 Å². The molecule has 0 radical (unpaired) electrons. The summed E-state index contributed by atoms with van der Waals surface area (Å²) in [5, 5.41) is 18.6. The molecule has 1 aliphatic carbocycles. The highest BCUT2D eigenvalue weighted by atomic mass is 32.2. The molecule has 3 N–H and O–H groups in total. The van der Waals surface area contributed by atoms with E-state index in [0.717, 1.165) is 28.7 Å². The first-order chi connectivity index (χ1) is 25.3. The van der Waals surface area contributed by atoms with Gasteiger partial charge in [-0.05, 0) is 120 Å². The van der Waals surface area contributed by atoms with E-state index in [0.29, 0.717) is 35.2 Å². The summed E-state index contributed by atoms with van der Waals surface area (Å²) >= 11 is -1.31. The van der Waals surface area contributed by atoms with Crippen molar-refractivity contribution in [2.75, 3.05) is 5.32 Å². The molecule has 14 heteroatoms. The quantitative estimate of drug-likeness (QED) is 0.123. The van der Waals surface area contributed by atoms with E-state index in [1.54, 1.807) is 63.2 Å². The number of benzene rings is 3. The number of anilines is 1. The van der Waals surface area contributed by atoms with E-state index in [9.17, 15) is 32.6 Å². The van der Waals surface area contributed by atoms with Gasteiger partial charge in [-0.25, -0.2) is 9.48 Å². The van der Waals surface area contributed by atoms with E-state index in [4.69, 9.17) is 4.74 Å². The van der Waals surface area contributed by atoms with Crippen molar-refractivity contribution in [1.29, 1.82) is 5.26 Å². The average molecular weight is 763 g/mol. The summed E-state index contributed by atoms with van der Waals surface area (Å²) in [6.07, 6.45) is -2.89. The molecule has 2 amide bonds. The first kappa shape index (κ1) is 40.3. The minimum absolute atomic E-state index is 0.0219. The number of aromatic nitrogens is 2. The maximum Gasteiger partial charge on any atom is 0.435 e. The van der Waals surface area contributed by atoms with Crippen LogP contribution in [0.25, 0.3) is 5.69 Å². The molecule has 1 saturated carbocycles. The van der Waals surface area contributed by atoms with Gasteiger partial charge in [-0.3, -0.25) is 4.79 Å². The molecule has 1 heterocycles. The Morgan fingerprint density at radius 3 is 2.28 bits per heavy atom. The summed E-state index contributed by atoms with van der Waals surface area (Å²) in [5.41, 5.74) is 1.00. The van der Waals surface area contributed by atoms with Gasteiger partial charge in [-0.15, -0.1) is 4.72 Å². The van der Waals surface area contributed by atoms with E-state index in [1.807, 2.05) is 39.0 Å². The van der Waals surface area contributed by atoms with Crippen LogP contribution in [0.2, 0.25) is 0 Å². The van der Waals surface area contributed by atoms with Crippen molar-refractivity contribution in [3.63, 3.8) is 0 Å². The number of alkyl carbamates (subject to hydrolysis) is 1. The molecule has 2 unspecified atom stereocenters. The van der Waals surface area contributed by atoms with Crippen LogP contribution in [0.4, 0.5) is 23.7 Å². The van der Waals surface area contributed by atoms with Crippen molar-refractivity contribution in [2.24, 2.45) is 5.92 Å². The number of amides is 2. The first-order valence-electron chi connectivity index (χ1n) is 17.6. The van der Waals surface area contributed by atoms with Crippen molar-refractivity contribution < 1.29 is 32.0 Å². The largest absolute Gasteiger partial charge is 0.598 e. The monoisotopic (exact) mass is 762 g/mol. The Hall–Kier alpha value is -4.84. The molecule has 286 valence electrons. The molecule has 1 fully saturated rings. The number of carbonyl (C=O) groups is 2. The molecule has 3 aromatic carbocycles. The number of rotatable bonds is 12. The van der Waals surface area contributed by atoms with Crippen LogP contribution in [-0.2, 0) is 28.8 Å². The topological polar surface area (TPSA) is 144 Å². The van der Waals surface area contributed by atoms with Crippen molar-refractivity contribution >= 4 is 29.0 Å². The zero-order chi connectivity index (χ0) is 39.4. The van der Waals surface area contributed by atoms with Gasteiger partial charge in [0, 0.05) is 35.6 Å². The summed E-state index contributed by atoms with van der Waals surface area (Å²) in [6.45, 7) is 10.9. The summed E-state index contributed by atoms with van der Waals surface area (Å²) in [5.74, 6) is -0.709. The number of hydrogen-bond acceptors (Lipinski definition) is 7. The molecule has 0 saturated heterocycles. The highest BCUT2D eigenvalue weighted by molar-refractivity contribution is 7.90. The second kappa shape index (κ2) is 16.3. The second-order valence-corrected chi connectivity index (χ2v) is 17.4. The fraction of sp³-hybridized carbons (Fsp3) is 0.400. The average Bonchev–Trinajstić information content (AvgIpc) is 3.84. The molecule has 0 spiro atoms. The lowest BCUT2D eigenvalue weighted by atomic mass is 9.84. The normalized spacial score (nSPS) is 15.1. The Labute approximate surface area is 316 Å². The minimum atomic E-state index is -4.83. The number of halogens is 3. The molecule has 10 nitrogen and oxygen atoms in total. The van der Waals surface area contributed by atoms with Crippen LogP contribution < -0.4 is 15.4 Å². The lowest BCUT2D eigenvalue weighted by Crippen LogP contribution is -2.46. The Balaban J connectivity index is 1.44. The Kier molecular flexibility index (Phi) is 12.1. The van der Waals surface area contributed by atoms with Crippen molar-refractivity contribution in [3.8, 4) is 11.8 Å². The van der Waals surface area contributed by atoms with Gasteiger partial charge in [-0.2, -0.15) is 23.5 Å². The molecule has 0 aliphatic heterocycles. The molecule has 0 bridgehead atoms. The van der Waals surface area contributed by atoms with Crippen LogP contribution in [0.1, 0.15) is 105 Å². The molecule has 3 atom stereocenters. The highest BCUT2D eigenvalue weighted by Crippen LogP contribution is 2.40. The minimum Gasteiger partial charge on any atom is -0.598 e. The number of carbonyl (C=O) groups excluding carboxylic acids is 2. The van der Waals surface area contributed by atoms with Gasteiger partial charge in [0.15, 0.2) is 5.69 Å². The number of ether oxygens (including phenoxy) is 1. The van der Waals surface area contributed by atoms with Gasteiger partial charge >= 0.3 is 12.3 Å². The Morgan fingerprint density at radius 2 is 1.67 bits per heavy atom. The summed E-state index contributed by atoms with van der Waals surface area (Å²) in [4.78, 5) is 26.0. The van der Waals surface area contributed by atoms with E-state index in [2.05, 4.69) is 26.5 Å². The lowest BCUT2D eigenvalue weighted by molar-refractivity contribution is -0.141. The van der Waals surface area contributed by atoms with Crippen LogP contribution in [0.5, 0.6) is 0 Å². The smallest absolute Gasteiger partial charge is 0.435 e. The summed E-state index contributed by atoms with van der Waals surface area (Å²) in [7, 11) is 0. The van der Waals surface area contributed by atoms with Gasteiger partial charge in [0.2, 0.25) is 0 Å². The van der Waals surface area contributed by atoms with Gasteiger partial charge in [0.25, 0.3) is 5.91 Å². The molecule has 1 aliphatic rings. The van der Waals surface area contributed by atoms with Crippen molar-refractivity contribution in [1.82, 2.24) is 19.8 Å². The van der Waals surface area contributed by atoms with Crippen LogP contribution in [0.3, 0.4) is 0 Å². The zero-order valence-electron chi connectivity index (χ0n) is 31.1. The lowest BCUT2D eigenvalue weighted by Gasteiger charge is -2.30. The first-order valence-corrected chi connectivity index (χ1v) is 18.8. The molecule has 1 aromatic heterocycles. The van der Waals surface area contributed by atoms with Gasteiger partial charge < -0.3 is 19.9 Å². The fourth-order valence-electron chi connectivity index (χ4n) is 5.85. The number of nitrogens with zero attached hydrogens (tertiary/aromatic N) is 3. The third-order valence-corrected chi connectivity index (χ3v) is 10.3. The van der Waals surface area contributed by atoms with Crippen LogP contribution in [0.15, 0.2) is 78.9 Å². The number of nitriles is 1. The summed E-state index contributed by atoms with van der Waals surface area (Å²) < 4.78 is 64.2. The maximum absolute atomic E-state index is 14.0. The Morgan fingerprint density at radius 1 is 0.981 bits per heavy atom. The Bertz CT molecular complexity index is 1990. The molecular formula is C40H45F3N6O4S. The molecular weight excluding hydrogens is 718 g/mol. The maximum atomic E-state index is 14.0. The highest BCUT2D eigenvalue weighted by Gasteiger charge is 2.39. The van der Waals surface area contributed by atoms with Gasteiger partial charge in [-0.1, -0.05) is 36.4 Å². The van der Waals surface area contributed by atoms with Crippen molar-refractivity contribution in [2.45, 2.75) is 95.8 Å². The number of nitrogens with one attached hydrogen (secondary N) is 3. The number of hydrogen-bond donors (Lipinski definition) is 3.